The van der Waals surface area contributed by atoms with E-state index in [-0.39, 0.29) is 30.6 Å². The third kappa shape index (κ3) is 6.90. The molecule has 0 bridgehead atoms. The molecule has 3 aromatic rings. The minimum absolute atomic E-state index is 0.179. The smallest absolute Gasteiger partial charge is 0.353 e. The summed E-state index contributed by atoms with van der Waals surface area (Å²) in [4.78, 5) is 34.5. The van der Waals surface area contributed by atoms with E-state index in [1.807, 2.05) is 36.9 Å². The highest BCUT2D eigenvalue weighted by atomic mass is 31.2. The topological polar surface area (TPSA) is 114 Å². The summed E-state index contributed by atoms with van der Waals surface area (Å²) in [7, 11) is -3.55. The Morgan fingerprint density at radius 2 is 1.82 bits per heavy atom. The molecule has 1 heterocycles. The zero-order valence-corrected chi connectivity index (χ0v) is 23.4. The number of aromatic amines is 1. The number of carbonyl (C=O) groups excluding carboxylic acids is 1. The molecule has 0 aliphatic rings. The number of carbonyl (C=O) groups is 1. The van der Waals surface area contributed by atoms with Gasteiger partial charge in [-0.05, 0) is 68.7 Å². The summed E-state index contributed by atoms with van der Waals surface area (Å²) in [6.07, 6.45) is 5.63. The number of H-pyrrole nitrogens is 1. The molecule has 0 saturated carbocycles. The van der Waals surface area contributed by atoms with Crippen LogP contribution >= 0.6 is 7.60 Å². The van der Waals surface area contributed by atoms with Crippen molar-refractivity contribution in [1.82, 2.24) is 15.3 Å². The summed E-state index contributed by atoms with van der Waals surface area (Å²) in [6, 6.07) is 12.5. The van der Waals surface area contributed by atoms with Crippen LogP contribution in [-0.4, -0.2) is 41.4 Å². The monoisotopic (exact) mass is 538 g/mol. The van der Waals surface area contributed by atoms with Crippen molar-refractivity contribution in [3.8, 4) is 12.3 Å². The zero-order valence-electron chi connectivity index (χ0n) is 22.5. The number of nitrogens with one attached hydrogen (secondary N) is 2. The summed E-state index contributed by atoms with van der Waals surface area (Å²) in [5.74, 6) is 1.88. The first kappa shape index (κ1) is 29.1. The number of anilines is 1. The van der Waals surface area contributed by atoms with Gasteiger partial charge in [-0.15, -0.1) is 6.42 Å². The van der Waals surface area contributed by atoms with Gasteiger partial charge in [0.25, 0.3) is 11.5 Å². The molecule has 0 saturated heterocycles. The third-order valence-electron chi connectivity index (χ3n) is 5.91. The van der Waals surface area contributed by atoms with Gasteiger partial charge in [-0.2, -0.15) is 0 Å². The average molecular weight is 539 g/mol. The minimum atomic E-state index is -3.55. The van der Waals surface area contributed by atoms with Crippen LogP contribution in [0.15, 0.2) is 47.3 Å². The van der Waals surface area contributed by atoms with E-state index < -0.39 is 13.4 Å². The van der Waals surface area contributed by atoms with Gasteiger partial charge in [0.05, 0.1) is 30.7 Å². The van der Waals surface area contributed by atoms with Crippen molar-refractivity contribution in [2.24, 2.45) is 5.92 Å². The predicted molar refractivity (Wildman–Crippen MR) is 150 cm³/mol. The Morgan fingerprint density at radius 1 is 1.16 bits per heavy atom. The molecule has 0 spiro atoms. The molecule has 2 aromatic carbocycles. The average Bonchev–Trinajstić information content (AvgIpc) is 2.87. The molecule has 1 atom stereocenters. The van der Waals surface area contributed by atoms with Crippen LogP contribution in [0.25, 0.3) is 10.9 Å². The number of hydrogen-bond acceptors (Lipinski definition) is 7. The van der Waals surface area contributed by atoms with E-state index in [1.165, 1.54) is 0 Å². The quantitative estimate of drug-likeness (QED) is 0.250. The van der Waals surface area contributed by atoms with E-state index >= 15 is 0 Å². The SMILES string of the molecule is C#CCN(Cc1ccc2nc(C)[nH]c(=O)c2c1)c1ccc(C(=O)NC(C(C)C)P(=O)(OCC)OCC)cc1. The van der Waals surface area contributed by atoms with Gasteiger partial charge in [-0.3, -0.25) is 14.2 Å². The predicted octanol–water partition coefficient (Wildman–Crippen LogP) is 4.85. The Hall–Kier alpha value is -3.44. The lowest BCUT2D eigenvalue weighted by Gasteiger charge is -2.29. The number of benzene rings is 2. The molecule has 2 N–H and O–H groups in total. The molecule has 1 unspecified atom stereocenters. The Labute approximate surface area is 223 Å². The lowest BCUT2D eigenvalue weighted by atomic mass is 10.1. The summed E-state index contributed by atoms with van der Waals surface area (Å²) < 4.78 is 24.3. The van der Waals surface area contributed by atoms with Gasteiger partial charge in [-0.1, -0.05) is 25.8 Å². The number of nitrogens with zero attached hydrogens (tertiary/aromatic N) is 2. The standard InChI is InChI=1S/C28H35N4O5P/c1-7-16-32(18-21-10-15-25-24(17-21)27(34)30-20(6)29-25)23-13-11-22(12-14-23)26(33)31-28(19(4)5)38(35,36-8-2)37-9-3/h1,10-15,17,19,28H,8-9,16,18H2,2-6H3,(H,31,33)(H,29,30,34). The maximum Gasteiger partial charge on any atom is 0.353 e. The number of aryl methyl sites for hydroxylation is 1. The van der Waals surface area contributed by atoms with Gasteiger partial charge in [0.15, 0.2) is 0 Å². The molecule has 1 aromatic heterocycles. The van der Waals surface area contributed by atoms with Gasteiger partial charge in [0, 0.05) is 17.8 Å². The van der Waals surface area contributed by atoms with Crippen molar-refractivity contribution < 1.29 is 18.4 Å². The van der Waals surface area contributed by atoms with E-state index in [4.69, 9.17) is 15.5 Å². The fourth-order valence-corrected chi connectivity index (χ4v) is 6.30. The molecule has 38 heavy (non-hydrogen) atoms. The van der Waals surface area contributed by atoms with Crippen LogP contribution < -0.4 is 15.8 Å². The fourth-order valence-electron chi connectivity index (χ4n) is 4.18. The third-order valence-corrected chi connectivity index (χ3v) is 8.55. The van der Waals surface area contributed by atoms with E-state index in [1.54, 1.807) is 45.0 Å². The second kappa shape index (κ2) is 12.9. The maximum absolute atomic E-state index is 13.3. The first-order chi connectivity index (χ1) is 18.1. The number of aromatic nitrogens is 2. The van der Waals surface area contributed by atoms with E-state index in [0.29, 0.717) is 35.4 Å². The number of rotatable bonds is 12. The van der Waals surface area contributed by atoms with Crippen LogP contribution in [0, 0.1) is 25.2 Å². The molecular weight excluding hydrogens is 503 g/mol. The molecule has 0 fully saturated rings. The van der Waals surface area contributed by atoms with Gasteiger partial charge < -0.3 is 24.2 Å². The van der Waals surface area contributed by atoms with Gasteiger partial charge in [-0.25, -0.2) is 4.98 Å². The van der Waals surface area contributed by atoms with Crippen LogP contribution in [-0.2, 0) is 20.2 Å². The summed E-state index contributed by atoms with van der Waals surface area (Å²) >= 11 is 0. The van der Waals surface area contributed by atoms with Gasteiger partial charge in [0.2, 0.25) is 0 Å². The van der Waals surface area contributed by atoms with Crippen molar-refractivity contribution in [3.05, 3.63) is 69.8 Å². The molecule has 9 nitrogen and oxygen atoms in total. The first-order valence-electron chi connectivity index (χ1n) is 12.6. The highest BCUT2D eigenvalue weighted by Crippen LogP contribution is 2.54. The number of amides is 1. The summed E-state index contributed by atoms with van der Waals surface area (Å²) in [5, 5.41) is 3.36. The van der Waals surface area contributed by atoms with Crippen molar-refractivity contribution >= 4 is 30.1 Å². The lowest BCUT2D eigenvalue weighted by Crippen LogP contribution is -2.39. The van der Waals surface area contributed by atoms with E-state index in [9.17, 15) is 14.2 Å². The van der Waals surface area contributed by atoms with Crippen LogP contribution in [0.3, 0.4) is 0 Å². The highest BCUT2D eigenvalue weighted by molar-refractivity contribution is 7.54. The maximum atomic E-state index is 13.3. The molecule has 10 heteroatoms. The number of terminal acetylenes is 1. The normalized spacial score (nSPS) is 12.3. The van der Waals surface area contributed by atoms with Crippen molar-refractivity contribution in [2.75, 3.05) is 24.7 Å². The largest absolute Gasteiger partial charge is 0.356 e. The second-order valence-electron chi connectivity index (χ2n) is 9.15. The van der Waals surface area contributed by atoms with Gasteiger partial charge >= 0.3 is 7.60 Å². The Bertz CT molecular complexity index is 1400. The van der Waals surface area contributed by atoms with Crippen molar-refractivity contribution in [1.29, 1.82) is 0 Å². The van der Waals surface area contributed by atoms with E-state index in [2.05, 4.69) is 21.2 Å². The van der Waals surface area contributed by atoms with Crippen LogP contribution in [0.1, 0.15) is 49.4 Å². The highest BCUT2D eigenvalue weighted by Gasteiger charge is 2.39. The summed E-state index contributed by atoms with van der Waals surface area (Å²) in [5.41, 5.74) is 2.55. The lowest BCUT2D eigenvalue weighted by molar-refractivity contribution is 0.0927. The molecule has 0 aliphatic carbocycles. The molecular formula is C28H35N4O5P. The molecule has 0 radical (unpaired) electrons. The Morgan fingerprint density at radius 3 is 2.39 bits per heavy atom. The molecule has 3 rings (SSSR count). The molecule has 1 amide bonds. The number of hydrogen-bond donors (Lipinski definition) is 2. The van der Waals surface area contributed by atoms with Gasteiger partial charge in [0.1, 0.15) is 11.6 Å². The van der Waals surface area contributed by atoms with Crippen molar-refractivity contribution in [2.45, 2.75) is 46.9 Å². The first-order valence-corrected chi connectivity index (χ1v) is 14.2. The van der Waals surface area contributed by atoms with Crippen LogP contribution in [0.5, 0.6) is 0 Å². The zero-order chi connectivity index (χ0) is 27.9. The minimum Gasteiger partial charge on any atom is -0.356 e. The summed E-state index contributed by atoms with van der Waals surface area (Å²) in [6.45, 7) is 10.1. The van der Waals surface area contributed by atoms with E-state index in [0.717, 1.165) is 11.3 Å². The second-order valence-corrected chi connectivity index (χ2v) is 11.3. The van der Waals surface area contributed by atoms with Crippen molar-refractivity contribution in [3.63, 3.8) is 0 Å². The number of fused-ring (bicyclic) bond motifs is 1. The van der Waals surface area contributed by atoms with Crippen LogP contribution in [0.4, 0.5) is 5.69 Å². The van der Waals surface area contributed by atoms with Crippen LogP contribution in [0.2, 0.25) is 0 Å². The fraction of sp³-hybridized carbons (Fsp3) is 0.393. The Balaban J connectivity index is 1.81. The molecule has 202 valence electrons. The Kier molecular flexibility index (Phi) is 9.87. The molecule has 0 aliphatic heterocycles.